The second-order valence-corrected chi connectivity index (χ2v) is 4.89. The maximum atomic E-state index is 5.39. The zero-order valence-electron chi connectivity index (χ0n) is 10.8. The van der Waals surface area contributed by atoms with Gasteiger partial charge >= 0.3 is 0 Å². The van der Waals surface area contributed by atoms with Crippen molar-refractivity contribution in [1.29, 1.82) is 0 Å². The lowest BCUT2D eigenvalue weighted by molar-refractivity contribution is 0.243. The summed E-state index contributed by atoms with van der Waals surface area (Å²) in [6.07, 6.45) is 1.12. The van der Waals surface area contributed by atoms with Gasteiger partial charge in [0, 0.05) is 19.6 Å². The van der Waals surface area contributed by atoms with Crippen LogP contribution in [0, 0.1) is 0 Å². The van der Waals surface area contributed by atoms with Gasteiger partial charge in [0.2, 0.25) is 0 Å². The molecule has 0 aliphatic carbocycles. The van der Waals surface area contributed by atoms with Crippen LogP contribution in [0.3, 0.4) is 0 Å². The largest absolute Gasteiger partial charge is 0.308 e. The maximum absolute atomic E-state index is 5.39. The van der Waals surface area contributed by atoms with Crippen molar-refractivity contribution < 1.29 is 0 Å². The van der Waals surface area contributed by atoms with E-state index in [1.807, 2.05) is 18.2 Å². The summed E-state index contributed by atoms with van der Waals surface area (Å²) in [5, 5.41) is 0. The summed E-state index contributed by atoms with van der Waals surface area (Å²) in [7, 11) is 0. The fraction of sp³-hybridized carbons (Fsp3) is 0.267. The highest BCUT2D eigenvalue weighted by atomic mass is 15.3. The van der Waals surface area contributed by atoms with Gasteiger partial charge in [-0.1, -0.05) is 30.3 Å². The quantitative estimate of drug-likeness (QED) is 0.649. The minimum absolute atomic E-state index is 0.718. The number of pyridine rings is 1. The first-order chi connectivity index (χ1) is 9.35. The van der Waals surface area contributed by atoms with Crippen molar-refractivity contribution in [2.75, 3.05) is 12.0 Å². The second-order valence-electron chi connectivity index (χ2n) is 4.89. The maximum Gasteiger partial charge on any atom is 0.140 e. The second kappa shape index (κ2) is 5.38. The van der Waals surface area contributed by atoms with Gasteiger partial charge in [-0.15, -0.1) is 0 Å². The van der Waals surface area contributed by atoms with E-state index in [1.165, 1.54) is 11.1 Å². The zero-order chi connectivity index (χ0) is 13.1. The Morgan fingerprint density at radius 1 is 1.11 bits per heavy atom. The fourth-order valence-corrected chi connectivity index (χ4v) is 2.57. The predicted molar refractivity (Wildman–Crippen MR) is 76.3 cm³/mol. The van der Waals surface area contributed by atoms with Crippen LogP contribution in [-0.4, -0.2) is 16.4 Å². The Balaban J connectivity index is 1.71. The highest BCUT2D eigenvalue weighted by Gasteiger charge is 2.16. The third-order valence-corrected chi connectivity index (χ3v) is 3.55. The summed E-state index contributed by atoms with van der Waals surface area (Å²) in [5.41, 5.74) is 6.55. The molecule has 19 heavy (non-hydrogen) atoms. The summed E-state index contributed by atoms with van der Waals surface area (Å²) >= 11 is 0. The molecule has 1 aromatic heterocycles. The molecule has 4 nitrogen and oxygen atoms in total. The molecule has 3 rings (SSSR count). The van der Waals surface area contributed by atoms with Crippen molar-refractivity contribution in [1.82, 2.24) is 9.88 Å². The molecule has 0 unspecified atom stereocenters. The molecule has 98 valence electrons. The molecule has 1 aliphatic heterocycles. The van der Waals surface area contributed by atoms with Crippen molar-refractivity contribution in [2.24, 2.45) is 5.84 Å². The number of hydrogen-bond donors (Lipinski definition) is 2. The summed E-state index contributed by atoms with van der Waals surface area (Å²) in [6.45, 7) is 2.95. The minimum Gasteiger partial charge on any atom is -0.308 e. The number of nitrogens with two attached hydrogens (primary N) is 1. The van der Waals surface area contributed by atoms with E-state index < -0.39 is 0 Å². The third-order valence-electron chi connectivity index (χ3n) is 3.55. The molecule has 0 radical (unpaired) electrons. The Hall–Kier alpha value is -1.91. The molecule has 2 aromatic rings. The number of hydrazine groups is 1. The Morgan fingerprint density at radius 3 is 2.79 bits per heavy atom. The van der Waals surface area contributed by atoms with Crippen LogP contribution in [0.2, 0.25) is 0 Å². The van der Waals surface area contributed by atoms with E-state index in [0.717, 1.165) is 37.6 Å². The number of aromatic nitrogens is 1. The molecule has 0 bridgehead atoms. The summed E-state index contributed by atoms with van der Waals surface area (Å²) in [6, 6.07) is 14.6. The first-order valence-corrected chi connectivity index (χ1v) is 6.57. The van der Waals surface area contributed by atoms with Gasteiger partial charge in [0.15, 0.2) is 0 Å². The number of fused-ring (bicyclic) bond motifs is 1. The highest BCUT2D eigenvalue weighted by molar-refractivity contribution is 5.34. The normalized spacial score (nSPS) is 15.0. The van der Waals surface area contributed by atoms with Crippen LogP contribution < -0.4 is 11.3 Å². The zero-order valence-corrected chi connectivity index (χ0v) is 10.8. The number of anilines is 1. The Morgan fingerprint density at radius 2 is 1.95 bits per heavy atom. The Bertz CT molecular complexity index is 568. The molecule has 1 aliphatic rings. The molecule has 0 saturated carbocycles. The van der Waals surface area contributed by atoms with Crippen LogP contribution in [0.15, 0.2) is 42.5 Å². The van der Waals surface area contributed by atoms with E-state index in [9.17, 15) is 0 Å². The number of nitrogens with zero attached hydrogens (tertiary/aromatic N) is 2. The van der Waals surface area contributed by atoms with E-state index in [-0.39, 0.29) is 0 Å². The molecule has 0 saturated heterocycles. The van der Waals surface area contributed by atoms with Crippen molar-refractivity contribution in [3.63, 3.8) is 0 Å². The van der Waals surface area contributed by atoms with Crippen molar-refractivity contribution >= 4 is 5.82 Å². The predicted octanol–water partition coefficient (Wildman–Crippen LogP) is 1.93. The molecule has 4 heteroatoms. The van der Waals surface area contributed by atoms with Gasteiger partial charge in [-0.05, 0) is 29.7 Å². The molecule has 0 fully saturated rings. The van der Waals surface area contributed by atoms with Gasteiger partial charge in [0.05, 0.1) is 5.69 Å². The number of rotatable bonds is 3. The number of nitrogens with one attached hydrogen (secondary N) is 1. The van der Waals surface area contributed by atoms with E-state index >= 15 is 0 Å². The lowest BCUT2D eigenvalue weighted by Crippen LogP contribution is -2.30. The molecule has 3 N–H and O–H groups in total. The van der Waals surface area contributed by atoms with Crippen LogP contribution in [0.1, 0.15) is 16.8 Å². The van der Waals surface area contributed by atoms with Crippen LogP contribution in [-0.2, 0) is 19.5 Å². The smallest absolute Gasteiger partial charge is 0.140 e. The Kier molecular flexibility index (Phi) is 3.44. The average Bonchev–Trinajstić information content (AvgIpc) is 2.47. The number of hydrogen-bond acceptors (Lipinski definition) is 4. The monoisotopic (exact) mass is 254 g/mol. The Labute approximate surface area is 113 Å². The first-order valence-electron chi connectivity index (χ1n) is 6.57. The first kappa shape index (κ1) is 12.1. The molecule has 1 aromatic carbocycles. The van der Waals surface area contributed by atoms with Gasteiger partial charge in [-0.3, -0.25) is 4.90 Å². The van der Waals surface area contributed by atoms with Gasteiger partial charge in [0.1, 0.15) is 5.82 Å². The van der Waals surface area contributed by atoms with Crippen molar-refractivity contribution in [2.45, 2.75) is 19.5 Å². The van der Waals surface area contributed by atoms with Crippen LogP contribution in [0.5, 0.6) is 0 Å². The van der Waals surface area contributed by atoms with E-state index in [2.05, 4.69) is 39.6 Å². The molecular formula is C15H18N4. The van der Waals surface area contributed by atoms with E-state index in [0.29, 0.717) is 0 Å². The van der Waals surface area contributed by atoms with Gasteiger partial charge < -0.3 is 5.43 Å². The standard InChI is InChI=1S/C15H18N4/c16-18-15-7-3-6-14(17-15)11-19-9-8-12-4-1-2-5-13(12)10-19/h1-7H,8-11,16H2,(H,17,18). The molecule has 0 spiro atoms. The van der Waals surface area contributed by atoms with Gasteiger partial charge in [0.25, 0.3) is 0 Å². The van der Waals surface area contributed by atoms with Gasteiger partial charge in [-0.2, -0.15) is 0 Å². The van der Waals surface area contributed by atoms with E-state index in [4.69, 9.17) is 5.84 Å². The summed E-state index contributed by atoms with van der Waals surface area (Å²) < 4.78 is 0. The number of nitrogen functional groups attached to an aromatic ring is 1. The molecule has 0 atom stereocenters. The summed E-state index contributed by atoms with van der Waals surface area (Å²) in [4.78, 5) is 6.89. The van der Waals surface area contributed by atoms with Crippen molar-refractivity contribution in [3.8, 4) is 0 Å². The van der Waals surface area contributed by atoms with Crippen LogP contribution >= 0.6 is 0 Å². The van der Waals surface area contributed by atoms with E-state index in [1.54, 1.807) is 0 Å². The number of benzene rings is 1. The summed E-state index contributed by atoms with van der Waals surface area (Å²) in [5.74, 6) is 6.11. The SMILES string of the molecule is NNc1cccc(CN2CCc3ccccc3C2)n1. The van der Waals surface area contributed by atoms with Crippen molar-refractivity contribution in [3.05, 3.63) is 59.3 Å². The minimum atomic E-state index is 0.718. The van der Waals surface area contributed by atoms with Crippen LogP contribution in [0.25, 0.3) is 0 Å². The lowest BCUT2D eigenvalue weighted by Gasteiger charge is -2.28. The lowest BCUT2D eigenvalue weighted by atomic mass is 10.00. The van der Waals surface area contributed by atoms with Gasteiger partial charge in [-0.25, -0.2) is 10.8 Å². The third kappa shape index (κ3) is 2.75. The molecule has 2 heterocycles. The average molecular weight is 254 g/mol. The molecular weight excluding hydrogens is 236 g/mol. The highest BCUT2D eigenvalue weighted by Crippen LogP contribution is 2.19. The topological polar surface area (TPSA) is 54.2 Å². The molecule has 0 amide bonds. The van der Waals surface area contributed by atoms with Crippen LogP contribution in [0.4, 0.5) is 5.82 Å². The fourth-order valence-electron chi connectivity index (χ4n) is 2.57.